The van der Waals surface area contributed by atoms with Crippen LogP contribution in [0.1, 0.15) is 34.0 Å². The average molecular weight is 395 g/mol. The maximum absolute atomic E-state index is 12.6. The number of carbonyl (C=O) groups is 1. The number of nitrogens with one attached hydrogen (secondary N) is 1. The molecule has 0 atom stereocenters. The maximum Gasteiger partial charge on any atom is 0.255 e. The summed E-state index contributed by atoms with van der Waals surface area (Å²) in [6.07, 6.45) is 3.38. The Morgan fingerprint density at radius 1 is 1.13 bits per heavy atom. The van der Waals surface area contributed by atoms with Crippen LogP contribution in [0.15, 0.2) is 61.1 Å². The molecule has 0 saturated heterocycles. The summed E-state index contributed by atoms with van der Waals surface area (Å²) in [5, 5.41) is 3.67. The third-order valence-corrected chi connectivity index (χ3v) is 4.77. The van der Waals surface area contributed by atoms with E-state index in [1.165, 1.54) is 6.33 Å². The smallest absolute Gasteiger partial charge is 0.255 e. The molecule has 2 aromatic carbocycles. The van der Waals surface area contributed by atoms with Crippen LogP contribution >= 0.6 is 0 Å². The number of amides is 1. The minimum atomic E-state index is -0.176. The lowest BCUT2D eigenvalue weighted by molar-refractivity contribution is 0.102. The monoisotopic (exact) mass is 395 g/mol. The quantitative estimate of drug-likeness (QED) is 0.514. The Morgan fingerprint density at radius 3 is 2.77 bits per heavy atom. The van der Waals surface area contributed by atoms with Gasteiger partial charge in [0.25, 0.3) is 5.91 Å². The summed E-state index contributed by atoms with van der Waals surface area (Å²) >= 11 is 0. The van der Waals surface area contributed by atoms with E-state index in [0.717, 1.165) is 40.0 Å². The normalized spacial score (nSPS) is 10.5. The first-order valence-corrected chi connectivity index (χ1v) is 9.64. The van der Waals surface area contributed by atoms with Crippen molar-refractivity contribution in [2.45, 2.75) is 20.4 Å². The number of nitrogen functional groups attached to an aromatic ring is 1. The lowest BCUT2D eigenvalue weighted by Gasteiger charge is -2.06. The molecule has 2 heterocycles. The van der Waals surface area contributed by atoms with Crippen LogP contribution < -0.4 is 11.1 Å². The Labute approximate surface area is 174 Å². The van der Waals surface area contributed by atoms with Crippen LogP contribution in [0, 0.1) is 18.8 Å². The van der Waals surface area contributed by atoms with E-state index in [1.807, 2.05) is 61.0 Å². The number of carbonyl (C=O) groups excluding carboxylic acids is 1. The molecule has 4 rings (SSSR count). The highest BCUT2D eigenvalue weighted by Crippen LogP contribution is 2.23. The minimum Gasteiger partial charge on any atom is -0.383 e. The van der Waals surface area contributed by atoms with Gasteiger partial charge >= 0.3 is 0 Å². The van der Waals surface area contributed by atoms with Crippen LogP contribution in [0.4, 0.5) is 11.5 Å². The zero-order chi connectivity index (χ0) is 21.1. The number of rotatable bonds is 3. The van der Waals surface area contributed by atoms with Gasteiger partial charge in [-0.05, 0) is 49.7 Å². The van der Waals surface area contributed by atoms with Gasteiger partial charge in [0.15, 0.2) is 0 Å². The van der Waals surface area contributed by atoms with E-state index in [-0.39, 0.29) is 5.91 Å². The van der Waals surface area contributed by atoms with Crippen LogP contribution in [0.5, 0.6) is 0 Å². The van der Waals surface area contributed by atoms with Gasteiger partial charge in [-0.15, -0.1) is 0 Å². The summed E-state index contributed by atoms with van der Waals surface area (Å²) in [7, 11) is 0. The number of hydrogen-bond acceptors (Lipinski definition) is 4. The van der Waals surface area contributed by atoms with E-state index in [2.05, 4.69) is 27.1 Å². The Kier molecular flexibility index (Phi) is 5.19. The minimum absolute atomic E-state index is 0.176. The van der Waals surface area contributed by atoms with E-state index in [0.29, 0.717) is 11.4 Å². The highest BCUT2D eigenvalue weighted by atomic mass is 16.1. The number of hydrogen-bond donors (Lipinski definition) is 2. The van der Waals surface area contributed by atoms with Gasteiger partial charge in [-0.1, -0.05) is 30.0 Å². The van der Waals surface area contributed by atoms with E-state index in [4.69, 9.17) is 5.73 Å². The summed E-state index contributed by atoms with van der Waals surface area (Å²) in [5.41, 5.74) is 10.7. The highest BCUT2D eigenvalue weighted by Gasteiger charge is 2.11. The second-order valence-electron chi connectivity index (χ2n) is 6.94. The number of nitrogens with two attached hydrogens (primary N) is 1. The summed E-state index contributed by atoms with van der Waals surface area (Å²) in [4.78, 5) is 21.0. The molecular weight excluding hydrogens is 374 g/mol. The molecule has 6 heteroatoms. The molecule has 30 heavy (non-hydrogen) atoms. The number of nitrogens with zero attached hydrogens (tertiary/aromatic N) is 3. The molecule has 3 N–H and O–H groups in total. The fourth-order valence-corrected chi connectivity index (χ4v) is 3.29. The standard InChI is InChI=1S/C24H21N5O/c1-3-29-14-19(21-22(25)26-15-27-23(21)29)11-10-17-7-5-8-18(13-17)24(30)28-20-9-4-6-16(2)12-20/h4-9,12-15H,3H2,1-2H3,(H,28,30)(H2,25,26,27). The zero-order valence-electron chi connectivity index (χ0n) is 16.8. The van der Waals surface area contributed by atoms with Gasteiger partial charge in [0.2, 0.25) is 0 Å². The van der Waals surface area contributed by atoms with Crippen LogP contribution in [0.25, 0.3) is 11.0 Å². The molecule has 0 bridgehead atoms. The Hall–Kier alpha value is -4.11. The van der Waals surface area contributed by atoms with Crippen molar-refractivity contribution in [3.63, 3.8) is 0 Å². The Morgan fingerprint density at radius 2 is 1.97 bits per heavy atom. The molecule has 0 radical (unpaired) electrons. The predicted molar refractivity (Wildman–Crippen MR) is 119 cm³/mol. The molecule has 2 aromatic heterocycles. The van der Waals surface area contributed by atoms with Gasteiger partial charge in [-0.25, -0.2) is 9.97 Å². The molecule has 0 aliphatic rings. The fraction of sp³-hybridized carbons (Fsp3) is 0.125. The Balaban J connectivity index is 1.63. The summed E-state index contributed by atoms with van der Waals surface area (Å²) in [6.45, 7) is 4.77. The van der Waals surface area contributed by atoms with Gasteiger partial charge in [-0.3, -0.25) is 4.79 Å². The third kappa shape index (κ3) is 3.87. The van der Waals surface area contributed by atoms with E-state index < -0.39 is 0 Å². The lowest BCUT2D eigenvalue weighted by Crippen LogP contribution is -2.11. The fourth-order valence-electron chi connectivity index (χ4n) is 3.29. The largest absolute Gasteiger partial charge is 0.383 e. The first kappa shape index (κ1) is 19.2. The van der Waals surface area contributed by atoms with Gasteiger partial charge in [-0.2, -0.15) is 0 Å². The molecule has 0 unspecified atom stereocenters. The second-order valence-corrected chi connectivity index (χ2v) is 6.94. The molecule has 0 aliphatic heterocycles. The predicted octanol–water partition coefficient (Wildman–Crippen LogP) is 3.99. The maximum atomic E-state index is 12.6. The molecule has 4 aromatic rings. The van der Waals surface area contributed by atoms with Gasteiger partial charge < -0.3 is 15.6 Å². The highest BCUT2D eigenvalue weighted by molar-refractivity contribution is 6.04. The number of aromatic nitrogens is 3. The van der Waals surface area contributed by atoms with Crippen molar-refractivity contribution >= 4 is 28.4 Å². The first-order valence-electron chi connectivity index (χ1n) is 9.64. The average Bonchev–Trinajstić information content (AvgIpc) is 3.11. The molecule has 0 spiro atoms. The molecule has 1 amide bonds. The Bertz CT molecular complexity index is 1310. The van der Waals surface area contributed by atoms with Crippen molar-refractivity contribution in [3.05, 3.63) is 83.3 Å². The van der Waals surface area contributed by atoms with Crippen LogP contribution in [-0.2, 0) is 6.54 Å². The molecule has 0 aliphatic carbocycles. The molecule has 148 valence electrons. The van der Waals surface area contributed by atoms with E-state index >= 15 is 0 Å². The van der Waals surface area contributed by atoms with Crippen molar-refractivity contribution in [3.8, 4) is 11.8 Å². The van der Waals surface area contributed by atoms with Gasteiger partial charge in [0.1, 0.15) is 17.8 Å². The number of benzene rings is 2. The van der Waals surface area contributed by atoms with Crippen molar-refractivity contribution in [2.24, 2.45) is 0 Å². The van der Waals surface area contributed by atoms with E-state index in [9.17, 15) is 4.79 Å². The second kappa shape index (κ2) is 8.10. The first-order chi connectivity index (χ1) is 14.5. The SMILES string of the molecule is CCn1cc(C#Cc2cccc(C(=O)Nc3cccc(C)c3)c2)c2c(N)ncnc21. The van der Waals surface area contributed by atoms with Crippen LogP contribution in [0.2, 0.25) is 0 Å². The molecule has 0 saturated carbocycles. The van der Waals surface area contributed by atoms with E-state index in [1.54, 1.807) is 12.1 Å². The van der Waals surface area contributed by atoms with Gasteiger partial charge in [0.05, 0.1) is 10.9 Å². The third-order valence-electron chi connectivity index (χ3n) is 4.77. The van der Waals surface area contributed by atoms with Crippen molar-refractivity contribution < 1.29 is 4.79 Å². The summed E-state index contributed by atoms with van der Waals surface area (Å²) < 4.78 is 1.99. The molecule has 0 fully saturated rings. The topological polar surface area (TPSA) is 85.8 Å². The molecular formula is C24H21N5O. The summed E-state index contributed by atoms with van der Waals surface area (Å²) in [5.74, 6) is 6.52. The van der Waals surface area contributed by atoms with Crippen molar-refractivity contribution in [1.82, 2.24) is 14.5 Å². The lowest BCUT2D eigenvalue weighted by atomic mass is 10.1. The van der Waals surface area contributed by atoms with Crippen LogP contribution in [0.3, 0.4) is 0 Å². The van der Waals surface area contributed by atoms with Crippen molar-refractivity contribution in [2.75, 3.05) is 11.1 Å². The summed E-state index contributed by atoms with van der Waals surface area (Å²) in [6, 6.07) is 14.9. The number of aryl methyl sites for hydroxylation is 2. The van der Waals surface area contributed by atoms with Gasteiger partial charge in [0, 0.05) is 29.6 Å². The number of anilines is 2. The zero-order valence-corrected chi connectivity index (χ0v) is 16.8. The number of fused-ring (bicyclic) bond motifs is 1. The van der Waals surface area contributed by atoms with Crippen LogP contribution in [-0.4, -0.2) is 20.4 Å². The van der Waals surface area contributed by atoms with Crippen molar-refractivity contribution in [1.29, 1.82) is 0 Å². The molecule has 6 nitrogen and oxygen atoms in total.